The Hall–Kier alpha value is -4.48. The molecular weight excluding hydrogens is 540 g/mol. The van der Waals surface area contributed by atoms with Crippen molar-refractivity contribution in [3.8, 4) is 34.1 Å². The van der Waals surface area contributed by atoms with Crippen molar-refractivity contribution in [3.05, 3.63) is 60.2 Å². The highest BCUT2D eigenvalue weighted by molar-refractivity contribution is 6.02. The van der Waals surface area contributed by atoms with E-state index in [1.807, 2.05) is 18.2 Å². The first-order valence-corrected chi connectivity index (χ1v) is 13.7. The number of nitrogens with one attached hydrogen (secondary N) is 2. The number of urea groups is 1. The molecule has 0 atom stereocenters. The second kappa shape index (κ2) is 14.9. The molecule has 224 valence electrons. The second-order valence-corrected chi connectivity index (χ2v) is 9.62. The van der Waals surface area contributed by atoms with Crippen LogP contribution in [0.4, 0.5) is 16.2 Å². The maximum atomic E-state index is 12.9. The Labute approximate surface area is 246 Å². The second-order valence-electron chi connectivity index (χ2n) is 9.62. The van der Waals surface area contributed by atoms with Gasteiger partial charge in [0, 0.05) is 48.2 Å². The maximum absolute atomic E-state index is 12.9. The van der Waals surface area contributed by atoms with E-state index in [0.29, 0.717) is 52.1 Å². The van der Waals surface area contributed by atoms with Crippen LogP contribution in [-0.4, -0.2) is 82.6 Å². The zero-order valence-electron chi connectivity index (χ0n) is 24.4. The first-order chi connectivity index (χ1) is 20.4. The lowest BCUT2D eigenvalue weighted by Gasteiger charge is -2.26. The fourth-order valence-corrected chi connectivity index (χ4v) is 4.69. The Morgan fingerprint density at radius 3 is 2.31 bits per heavy atom. The van der Waals surface area contributed by atoms with Gasteiger partial charge in [0.05, 0.1) is 46.9 Å². The Balaban J connectivity index is 1.41. The van der Waals surface area contributed by atoms with Gasteiger partial charge in [-0.15, -0.1) is 0 Å². The molecule has 0 aromatic heterocycles. The average Bonchev–Trinajstić information content (AvgIpc) is 3.03. The van der Waals surface area contributed by atoms with Gasteiger partial charge in [-0.2, -0.15) is 0 Å². The molecule has 1 heterocycles. The van der Waals surface area contributed by atoms with Gasteiger partial charge in [0.2, 0.25) is 0 Å². The number of hydrogen-bond donors (Lipinski definition) is 3. The third-order valence-corrected chi connectivity index (χ3v) is 6.89. The summed E-state index contributed by atoms with van der Waals surface area (Å²) in [4.78, 5) is 15.3. The molecule has 0 saturated carbocycles. The summed E-state index contributed by atoms with van der Waals surface area (Å²) < 4.78 is 28.0. The molecule has 1 saturated heterocycles. The van der Waals surface area contributed by atoms with Crippen LogP contribution in [0.2, 0.25) is 0 Å². The van der Waals surface area contributed by atoms with Crippen LogP contribution in [0.25, 0.3) is 11.1 Å². The van der Waals surface area contributed by atoms with Crippen molar-refractivity contribution < 1.29 is 33.7 Å². The van der Waals surface area contributed by atoms with E-state index in [2.05, 4.69) is 20.7 Å². The molecule has 0 aliphatic carbocycles. The summed E-state index contributed by atoms with van der Waals surface area (Å²) in [6.07, 6.45) is 0.934. The number of anilines is 2. The molecular formula is C31H38N4O7. The first kappa shape index (κ1) is 30.5. The van der Waals surface area contributed by atoms with Crippen molar-refractivity contribution in [2.24, 2.45) is 5.16 Å². The van der Waals surface area contributed by atoms with Crippen molar-refractivity contribution in [3.63, 3.8) is 0 Å². The van der Waals surface area contributed by atoms with E-state index in [9.17, 15) is 10.0 Å². The smallest absolute Gasteiger partial charge is 0.323 e. The van der Waals surface area contributed by atoms with E-state index in [1.54, 1.807) is 57.5 Å². The zero-order valence-corrected chi connectivity index (χ0v) is 24.4. The summed E-state index contributed by atoms with van der Waals surface area (Å²) in [7, 11) is 4.62. The molecule has 1 aliphatic heterocycles. The highest BCUT2D eigenvalue weighted by atomic mass is 16.5. The van der Waals surface area contributed by atoms with Crippen LogP contribution in [0.1, 0.15) is 18.9 Å². The summed E-state index contributed by atoms with van der Waals surface area (Å²) >= 11 is 0. The van der Waals surface area contributed by atoms with Crippen LogP contribution in [0.15, 0.2) is 59.8 Å². The molecule has 3 N–H and O–H groups in total. The average molecular weight is 579 g/mol. The van der Waals surface area contributed by atoms with Gasteiger partial charge in [0.25, 0.3) is 0 Å². The number of morpholine rings is 1. The molecule has 0 spiro atoms. The highest BCUT2D eigenvalue weighted by Crippen LogP contribution is 2.42. The fourth-order valence-electron chi connectivity index (χ4n) is 4.69. The van der Waals surface area contributed by atoms with Crippen LogP contribution < -0.4 is 29.6 Å². The molecule has 4 rings (SSSR count). The summed E-state index contributed by atoms with van der Waals surface area (Å²) in [5.41, 5.74) is 3.60. The molecule has 0 radical (unpaired) electrons. The maximum Gasteiger partial charge on any atom is 0.323 e. The van der Waals surface area contributed by atoms with Gasteiger partial charge in [0.15, 0.2) is 11.5 Å². The van der Waals surface area contributed by atoms with Crippen LogP contribution in [0, 0.1) is 0 Å². The number of oxime groups is 1. The van der Waals surface area contributed by atoms with Crippen molar-refractivity contribution in [2.75, 3.05) is 71.4 Å². The van der Waals surface area contributed by atoms with Gasteiger partial charge in [-0.25, -0.2) is 4.79 Å². The summed E-state index contributed by atoms with van der Waals surface area (Å²) in [6, 6.07) is 15.7. The normalized spacial score (nSPS) is 13.8. The number of carbonyl (C=O) groups is 1. The van der Waals surface area contributed by atoms with E-state index in [4.69, 9.17) is 23.7 Å². The largest absolute Gasteiger partial charge is 0.496 e. The standard InChI is InChI=1S/C31H38N4O7/c1-21(34-37)26-11-6-22(18-28(26)38-2)27-19-24(20-29(39-3)30(27)40-4)33-31(36)32-23-7-9-25(10-8-23)42-15-5-12-35-13-16-41-17-14-35/h6-11,18-20,37H,5,12-17H2,1-4H3,(H2,32,33,36)/b34-21+. The minimum absolute atomic E-state index is 0.415. The number of benzene rings is 3. The molecule has 0 unspecified atom stereocenters. The number of nitrogens with zero attached hydrogens (tertiary/aromatic N) is 2. The number of amides is 2. The van der Waals surface area contributed by atoms with Crippen LogP contribution in [0.3, 0.4) is 0 Å². The number of methoxy groups -OCH3 is 3. The Bertz CT molecular complexity index is 1370. The first-order valence-electron chi connectivity index (χ1n) is 13.7. The van der Waals surface area contributed by atoms with Crippen LogP contribution in [0.5, 0.6) is 23.0 Å². The topological polar surface area (TPSA) is 123 Å². The Kier molecular flexibility index (Phi) is 10.8. The Morgan fingerprint density at radius 2 is 1.64 bits per heavy atom. The van der Waals surface area contributed by atoms with E-state index in [-0.39, 0.29) is 0 Å². The molecule has 1 fully saturated rings. The Morgan fingerprint density at radius 1 is 0.929 bits per heavy atom. The van der Waals surface area contributed by atoms with Crippen LogP contribution in [-0.2, 0) is 4.74 Å². The third kappa shape index (κ3) is 7.83. The van der Waals surface area contributed by atoms with Crippen LogP contribution >= 0.6 is 0 Å². The fraction of sp³-hybridized carbons (Fsp3) is 0.355. The summed E-state index contributed by atoms with van der Waals surface area (Å²) in [5, 5.41) is 18.2. The zero-order chi connectivity index (χ0) is 29.9. The number of ether oxygens (including phenoxy) is 5. The molecule has 11 heteroatoms. The summed E-state index contributed by atoms with van der Waals surface area (Å²) in [6.45, 7) is 6.81. The molecule has 1 aliphatic rings. The quantitative estimate of drug-likeness (QED) is 0.114. The van der Waals surface area contributed by atoms with Crippen molar-refractivity contribution in [2.45, 2.75) is 13.3 Å². The van der Waals surface area contributed by atoms with Gasteiger partial charge in [-0.1, -0.05) is 11.2 Å². The minimum atomic E-state index is -0.421. The van der Waals surface area contributed by atoms with Gasteiger partial charge in [-0.05, 0) is 61.4 Å². The molecule has 3 aromatic rings. The molecule has 11 nitrogen and oxygen atoms in total. The van der Waals surface area contributed by atoms with E-state index in [1.165, 1.54) is 7.11 Å². The highest BCUT2D eigenvalue weighted by Gasteiger charge is 2.18. The van der Waals surface area contributed by atoms with Gasteiger partial charge < -0.3 is 39.5 Å². The van der Waals surface area contributed by atoms with E-state index in [0.717, 1.165) is 50.6 Å². The molecule has 2 amide bonds. The van der Waals surface area contributed by atoms with Gasteiger partial charge in [0.1, 0.15) is 11.5 Å². The predicted molar refractivity (Wildman–Crippen MR) is 162 cm³/mol. The SMILES string of the molecule is COc1cc(-c2cc(NC(=O)Nc3ccc(OCCCN4CCOCC4)cc3)cc(OC)c2OC)ccc1/C(C)=N/O. The summed E-state index contributed by atoms with van der Waals surface area (Å²) in [5.74, 6) is 2.20. The third-order valence-electron chi connectivity index (χ3n) is 6.89. The molecule has 3 aromatic carbocycles. The predicted octanol–water partition coefficient (Wildman–Crippen LogP) is 5.32. The monoisotopic (exact) mass is 578 g/mol. The van der Waals surface area contributed by atoms with Crippen molar-refractivity contribution in [1.29, 1.82) is 0 Å². The van der Waals surface area contributed by atoms with Gasteiger partial charge in [-0.3, -0.25) is 4.90 Å². The molecule has 0 bridgehead atoms. The lowest BCUT2D eigenvalue weighted by atomic mass is 9.99. The number of carbonyl (C=O) groups excluding carboxylic acids is 1. The lowest BCUT2D eigenvalue weighted by molar-refractivity contribution is 0.0358. The van der Waals surface area contributed by atoms with Gasteiger partial charge >= 0.3 is 6.03 Å². The minimum Gasteiger partial charge on any atom is -0.496 e. The van der Waals surface area contributed by atoms with Crippen molar-refractivity contribution in [1.82, 2.24) is 4.90 Å². The lowest BCUT2D eigenvalue weighted by Crippen LogP contribution is -2.37. The van der Waals surface area contributed by atoms with E-state index >= 15 is 0 Å². The van der Waals surface area contributed by atoms with Crippen molar-refractivity contribution >= 4 is 23.1 Å². The van der Waals surface area contributed by atoms with E-state index < -0.39 is 6.03 Å². The number of hydrogen-bond acceptors (Lipinski definition) is 9. The number of rotatable bonds is 12. The molecule has 42 heavy (non-hydrogen) atoms.